The molecule has 14 heavy (non-hydrogen) atoms. The van der Waals surface area contributed by atoms with E-state index >= 15 is 0 Å². The van der Waals surface area contributed by atoms with Crippen LogP contribution in [0.5, 0.6) is 0 Å². The summed E-state index contributed by atoms with van der Waals surface area (Å²) in [6.45, 7) is 3.17. The zero-order valence-corrected chi connectivity index (χ0v) is 10.0. The molecule has 1 N–H and O–H groups in total. The van der Waals surface area contributed by atoms with Gasteiger partial charge in [-0.05, 0) is 18.6 Å². The van der Waals surface area contributed by atoms with Crippen LogP contribution in [-0.4, -0.2) is 57.6 Å². The maximum Gasteiger partial charge on any atom is 0.168 e. The van der Waals surface area contributed by atoms with Gasteiger partial charge in [0.1, 0.15) is 0 Å². The van der Waals surface area contributed by atoms with Crippen LogP contribution in [0.4, 0.5) is 0 Å². The van der Waals surface area contributed by atoms with E-state index in [9.17, 15) is 0 Å². The van der Waals surface area contributed by atoms with Crippen molar-refractivity contribution in [1.29, 1.82) is 0 Å². The smallest absolute Gasteiger partial charge is 0.168 e. The fourth-order valence-corrected chi connectivity index (χ4v) is 1.26. The number of rotatable bonds is 7. The number of nitrogens with zero attached hydrogens (tertiary/aromatic N) is 1. The number of nitrogens with one attached hydrogen (secondary N) is 1. The quantitative estimate of drug-likeness (QED) is 0.498. The molecule has 5 heteroatoms. The first-order valence-corrected chi connectivity index (χ1v) is 5.11. The van der Waals surface area contributed by atoms with Crippen molar-refractivity contribution < 1.29 is 9.47 Å². The molecule has 0 bridgehead atoms. The summed E-state index contributed by atoms with van der Waals surface area (Å²) >= 11 is 5.16. The Kier molecular flexibility index (Phi) is 8.92. The van der Waals surface area contributed by atoms with Crippen molar-refractivity contribution in [3.05, 3.63) is 0 Å². The highest BCUT2D eigenvalue weighted by Crippen LogP contribution is 1.93. The van der Waals surface area contributed by atoms with E-state index in [1.54, 1.807) is 14.2 Å². The molecule has 0 rings (SSSR count). The molecule has 0 saturated heterocycles. The molecule has 0 saturated carbocycles. The first-order valence-electron chi connectivity index (χ1n) is 4.70. The van der Waals surface area contributed by atoms with Crippen LogP contribution in [0, 0.1) is 0 Å². The van der Waals surface area contributed by atoms with Gasteiger partial charge in [-0.1, -0.05) is 0 Å². The number of hydrogen-bond donors (Lipinski definition) is 1. The van der Waals surface area contributed by atoms with Crippen LogP contribution in [-0.2, 0) is 9.47 Å². The highest BCUT2D eigenvalue weighted by atomic mass is 32.1. The molecule has 0 aromatic rings. The van der Waals surface area contributed by atoms with Crippen molar-refractivity contribution in [3.63, 3.8) is 0 Å². The van der Waals surface area contributed by atoms with E-state index in [1.165, 1.54) is 0 Å². The van der Waals surface area contributed by atoms with Crippen LogP contribution >= 0.6 is 12.2 Å². The average molecular weight is 220 g/mol. The molecule has 0 aliphatic heterocycles. The third-order valence-electron chi connectivity index (χ3n) is 1.84. The van der Waals surface area contributed by atoms with Crippen molar-refractivity contribution >= 4 is 17.3 Å². The molecule has 0 amide bonds. The van der Waals surface area contributed by atoms with E-state index in [2.05, 4.69) is 10.2 Å². The van der Waals surface area contributed by atoms with E-state index in [0.717, 1.165) is 31.2 Å². The molecule has 0 fully saturated rings. The Morgan fingerprint density at radius 2 is 1.86 bits per heavy atom. The second-order valence-electron chi connectivity index (χ2n) is 2.88. The topological polar surface area (TPSA) is 33.7 Å². The van der Waals surface area contributed by atoms with E-state index in [1.807, 2.05) is 7.05 Å². The van der Waals surface area contributed by atoms with Crippen molar-refractivity contribution in [2.75, 3.05) is 47.6 Å². The Morgan fingerprint density at radius 3 is 2.36 bits per heavy atom. The van der Waals surface area contributed by atoms with Gasteiger partial charge in [0.15, 0.2) is 5.11 Å². The molecule has 0 aromatic heterocycles. The van der Waals surface area contributed by atoms with Crippen LogP contribution in [0.2, 0.25) is 0 Å². The summed E-state index contributed by atoms with van der Waals surface area (Å²) in [6.07, 6.45) is 0.974. The summed E-state index contributed by atoms with van der Waals surface area (Å²) < 4.78 is 10.0. The van der Waals surface area contributed by atoms with Crippen molar-refractivity contribution in [2.24, 2.45) is 0 Å². The minimum absolute atomic E-state index is 0.689. The fourth-order valence-electron chi connectivity index (χ4n) is 1.07. The molecule has 0 atom stereocenters. The number of ether oxygens (including phenoxy) is 2. The molecule has 0 aliphatic rings. The van der Waals surface area contributed by atoms with Gasteiger partial charge in [0, 0.05) is 41.0 Å². The van der Waals surface area contributed by atoms with Crippen molar-refractivity contribution in [1.82, 2.24) is 10.2 Å². The van der Waals surface area contributed by atoms with Gasteiger partial charge in [0.05, 0.1) is 6.61 Å². The first kappa shape index (κ1) is 13.6. The van der Waals surface area contributed by atoms with E-state index < -0.39 is 0 Å². The van der Waals surface area contributed by atoms with Gasteiger partial charge in [-0.3, -0.25) is 0 Å². The summed E-state index contributed by atoms with van der Waals surface area (Å²) in [6, 6.07) is 0. The lowest BCUT2D eigenvalue weighted by atomic mass is 10.4. The molecule has 0 aliphatic carbocycles. The van der Waals surface area contributed by atoms with Crippen LogP contribution in [0.25, 0.3) is 0 Å². The Balaban J connectivity index is 3.78. The highest BCUT2D eigenvalue weighted by molar-refractivity contribution is 7.80. The van der Waals surface area contributed by atoms with Gasteiger partial charge in [0.25, 0.3) is 0 Å². The van der Waals surface area contributed by atoms with Gasteiger partial charge in [-0.25, -0.2) is 0 Å². The third kappa shape index (κ3) is 6.12. The number of methoxy groups -OCH3 is 2. The summed E-state index contributed by atoms with van der Waals surface area (Å²) in [5.41, 5.74) is 0. The van der Waals surface area contributed by atoms with E-state index in [0.29, 0.717) is 6.61 Å². The first-order chi connectivity index (χ1) is 6.76. The minimum Gasteiger partial charge on any atom is -0.385 e. The van der Waals surface area contributed by atoms with Crippen LogP contribution < -0.4 is 5.32 Å². The summed E-state index contributed by atoms with van der Waals surface area (Å²) in [7, 11) is 5.23. The van der Waals surface area contributed by atoms with Gasteiger partial charge in [-0.2, -0.15) is 0 Å². The lowest BCUT2D eigenvalue weighted by Crippen LogP contribution is -2.40. The molecule has 4 nitrogen and oxygen atoms in total. The van der Waals surface area contributed by atoms with Crippen molar-refractivity contribution in [3.8, 4) is 0 Å². The van der Waals surface area contributed by atoms with Gasteiger partial charge in [-0.15, -0.1) is 0 Å². The summed E-state index contributed by atoms with van der Waals surface area (Å²) in [4.78, 5) is 2.08. The number of thiocarbonyl (C=S) groups is 1. The molecular formula is C9H20N2O2S. The molecule has 0 unspecified atom stereocenters. The SMILES string of the molecule is CNC(=S)N(CCCOC)CCOC. The van der Waals surface area contributed by atoms with Crippen LogP contribution in [0.3, 0.4) is 0 Å². The maximum atomic E-state index is 5.16. The third-order valence-corrected chi connectivity index (χ3v) is 2.31. The van der Waals surface area contributed by atoms with Gasteiger partial charge < -0.3 is 19.7 Å². The van der Waals surface area contributed by atoms with E-state index in [4.69, 9.17) is 21.7 Å². The Labute approximate surface area is 91.6 Å². The molecule has 0 heterocycles. The lowest BCUT2D eigenvalue weighted by Gasteiger charge is -2.24. The standard InChI is InChI=1S/C9H20N2O2S/c1-10-9(14)11(6-8-13-3)5-4-7-12-2/h4-8H2,1-3H3,(H,10,14). The zero-order chi connectivity index (χ0) is 10.8. The second kappa shape index (κ2) is 9.18. The molecule has 84 valence electrons. The Hall–Kier alpha value is -0.390. The summed E-state index contributed by atoms with van der Waals surface area (Å²) in [5.74, 6) is 0. The van der Waals surface area contributed by atoms with E-state index in [-0.39, 0.29) is 0 Å². The van der Waals surface area contributed by atoms with Crippen LogP contribution in [0.1, 0.15) is 6.42 Å². The van der Waals surface area contributed by atoms with Gasteiger partial charge in [0.2, 0.25) is 0 Å². The number of hydrogen-bond acceptors (Lipinski definition) is 3. The summed E-state index contributed by atoms with van der Waals surface area (Å²) in [5, 5.41) is 3.72. The lowest BCUT2D eigenvalue weighted by molar-refractivity contribution is 0.161. The Bertz CT molecular complexity index is 156. The molecule has 0 radical (unpaired) electrons. The minimum atomic E-state index is 0.689. The predicted molar refractivity (Wildman–Crippen MR) is 61.6 cm³/mol. The highest BCUT2D eigenvalue weighted by Gasteiger charge is 2.06. The fraction of sp³-hybridized carbons (Fsp3) is 0.889. The van der Waals surface area contributed by atoms with Crippen LogP contribution in [0.15, 0.2) is 0 Å². The molecule has 0 spiro atoms. The monoisotopic (exact) mass is 220 g/mol. The second-order valence-corrected chi connectivity index (χ2v) is 3.27. The van der Waals surface area contributed by atoms with Crippen molar-refractivity contribution in [2.45, 2.75) is 6.42 Å². The largest absolute Gasteiger partial charge is 0.385 e. The molecular weight excluding hydrogens is 200 g/mol. The van der Waals surface area contributed by atoms with Gasteiger partial charge >= 0.3 is 0 Å². The zero-order valence-electron chi connectivity index (χ0n) is 9.21. The normalized spacial score (nSPS) is 9.93. The average Bonchev–Trinajstić information content (AvgIpc) is 2.22. The Morgan fingerprint density at radius 1 is 1.21 bits per heavy atom. The maximum absolute atomic E-state index is 5.16. The molecule has 0 aromatic carbocycles. The predicted octanol–water partition coefficient (Wildman–Crippen LogP) is 0.476.